The van der Waals surface area contributed by atoms with E-state index in [2.05, 4.69) is 10.3 Å². The maximum atomic E-state index is 8.90. The summed E-state index contributed by atoms with van der Waals surface area (Å²) in [7, 11) is 0. The average Bonchev–Trinajstić information content (AvgIpc) is 2.71. The van der Waals surface area contributed by atoms with Gasteiger partial charge in [0.1, 0.15) is 5.84 Å². The highest BCUT2D eigenvalue weighted by Crippen LogP contribution is 2.19. The summed E-state index contributed by atoms with van der Waals surface area (Å²) < 4.78 is 5.42. The Labute approximate surface area is 101 Å². The van der Waals surface area contributed by atoms with Gasteiger partial charge in [0.05, 0.1) is 24.7 Å². The van der Waals surface area contributed by atoms with Crippen LogP contribution in [0.5, 0.6) is 0 Å². The van der Waals surface area contributed by atoms with E-state index in [0.29, 0.717) is 5.70 Å². The van der Waals surface area contributed by atoms with Crippen molar-refractivity contribution in [2.75, 3.05) is 6.61 Å². The second-order valence-electron chi connectivity index (χ2n) is 4.18. The molecule has 1 saturated heterocycles. The zero-order chi connectivity index (χ0) is 12.8. The lowest BCUT2D eigenvalue weighted by atomic mass is 10.2. The molecule has 1 aliphatic rings. The third-order valence-corrected chi connectivity index (χ3v) is 2.51. The summed E-state index contributed by atoms with van der Waals surface area (Å²) in [6.07, 6.45) is 2.79. The summed E-state index contributed by atoms with van der Waals surface area (Å²) in [6.45, 7) is 3.77. The van der Waals surface area contributed by atoms with Crippen molar-refractivity contribution in [1.29, 1.82) is 5.41 Å². The molecule has 6 heteroatoms. The molecule has 0 radical (unpaired) electrons. The van der Waals surface area contributed by atoms with Crippen molar-refractivity contribution in [1.82, 2.24) is 5.32 Å². The van der Waals surface area contributed by atoms with E-state index in [1.54, 1.807) is 0 Å². The number of hydrogen-bond acceptors (Lipinski definition) is 4. The van der Waals surface area contributed by atoms with Crippen molar-refractivity contribution in [3.63, 3.8) is 0 Å². The van der Waals surface area contributed by atoms with Gasteiger partial charge < -0.3 is 20.9 Å². The molecule has 6 nitrogen and oxygen atoms in total. The van der Waals surface area contributed by atoms with Gasteiger partial charge in [-0.15, -0.1) is 0 Å². The molecule has 0 bridgehead atoms. The third-order valence-electron chi connectivity index (χ3n) is 2.51. The molecule has 0 aromatic carbocycles. The van der Waals surface area contributed by atoms with Gasteiger partial charge in [-0.05, 0) is 32.3 Å². The minimum absolute atomic E-state index is 0.0166. The summed E-state index contributed by atoms with van der Waals surface area (Å²) in [5.74, 6) is -0.0166. The Morgan fingerprint density at radius 2 is 2.29 bits per heavy atom. The second-order valence-corrected chi connectivity index (χ2v) is 4.18. The summed E-state index contributed by atoms with van der Waals surface area (Å²) >= 11 is 0. The van der Waals surface area contributed by atoms with Gasteiger partial charge in [-0.2, -0.15) is 0 Å². The summed E-state index contributed by atoms with van der Waals surface area (Å²) in [4.78, 5) is 4.17. The van der Waals surface area contributed by atoms with Gasteiger partial charge in [0.2, 0.25) is 0 Å². The minimum atomic E-state index is -0.218. The Morgan fingerprint density at radius 1 is 1.59 bits per heavy atom. The number of ether oxygens (including phenoxy) is 1. The van der Waals surface area contributed by atoms with Crippen LogP contribution in [-0.2, 0) is 4.74 Å². The highest BCUT2D eigenvalue weighted by Gasteiger charge is 2.23. The minimum Gasteiger partial charge on any atom is -0.394 e. The normalized spacial score (nSPS) is 23.9. The molecule has 0 spiro atoms. The average molecular weight is 240 g/mol. The third kappa shape index (κ3) is 4.16. The Balaban J connectivity index is 2.45. The van der Waals surface area contributed by atoms with Gasteiger partial charge in [0, 0.05) is 0 Å². The first-order valence-electron chi connectivity index (χ1n) is 5.61. The van der Waals surface area contributed by atoms with E-state index < -0.39 is 0 Å². The van der Waals surface area contributed by atoms with Crippen LogP contribution in [0.4, 0.5) is 0 Å². The molecule has 2 unspecified atom stereocenters. The predicted octanol–water partition coefficient (Wildman–Crippen LogP) is 0.332. The van der Waals surface area contributed by atoms with Crippen LogP contribution in [0.2, 0.25) is 0 Å². The van der Waals surface area contributed by atoms with Crippen LogP contribution in [-0.4, -0.2) is 36.2 Å². The number of nitrogens with two attached hydrogens (primary N) is 1. The lowest BCUT2D eigenvalue weighted by Gasteiger charge is -2.09. The Morgan fingerprint density at radius 3 is 2.76 bits per heavy atom. The van der Waals surface area contributed by atoms with Crippen LogP contribution in [0.3, 0.4) is 0 Å². The van der Waals surface area contributed by atoms with E-state index in [-0.39, 0.29) is 24.8 Å². The van der Waals surface area contributed by atoms with Crippen molar-refractivity contribution in [3.8, 4) is 0 Å². The summed E-state index contributed by atoms with van der Waals surface area (Å²) in [6, 6.07) is 0. The van der Waals surface area contributed by atoms with Crippen LogP contribution in [0, 0.1) is 5.41 Å². The topological polar surface area (TPSA) is 104 Å². The highest BCUT2D eigenvalue weighted by atomic mass is 16.5. The van der Waals surface area contributed by atoms with Gasteiger partial charge in [0.25, 0.3) is 0 Å². The fourth-order valence-corrected chi connectivity index (χ4v) is 1.61. The Kier molecular flexibility index (Phi) is 5.11. The number of rotatable bonds is 5. The molecule has 5 N–H and O–H groups in total. The van der Waals surface area contributed by atoms with Crippen molar-refractivity contribution in [2.24, 2.45) is 10.7 Å². The zero-order valence-corrected chi connectivity index (χ0v) is 10.2. The zero-order valence-electron chi connectivity index (χ0n) is 10.2. The largest absolute Gasteiger partial charge is 0.394 e. The summed E-state index contributed by atoms with van der Waals surface area (Å²) in [5, 5.41) is 19.1. The van der Waals surface area contributed by atoms with E-state index in [9.17, 15) is 0 Å². The number of amidine groups is 1. The van der Waals surface area contributed by atoms with Gasteiger partial charge in [0.15, 0.2) is 6.23 Å². The molecule has 1 fully saturated rings. The Bertz CT molecular complexity index is 334. The predicted molar refractivity (Wildman–Crippen MR) is 66.9 cm³/mol. The standard InChI is InChI=1S/C11H20N4O2/c1-7(2)10(11(12)13)15-6-14-9-4-3-8(5-16)17-9/h6,8-9,16H,3-5H2,1-2H3,(H3,12,13)(H,14,15). The molecule has 0 aliphatic carbocycles. The monoisotopic (exact) mass is 240 g/mol. The number of nitrogens with one attached hydrogen (secondary N) is 2. The van der Waals surface area contributed by atoms with Crippen molar-refractivity contribution >= 4 is 12.2 Å². The summed E-state index contributed by atoms with van der Waals surface area (Å²) in [5.41, 5.74) is 6.89. The molecule has 0 aromatic heterocycles. The van der Waals surface area contributed by atoms with Crippen molar-refractivity contribution < 1.29 is 9.84 Å². The van der Waals surface area contributed by atoms with E-state index in [0.717, 1.165) is 18.4 Å². The van der Waals surface area contributed by atoms with E-state index in [1.807, 2.05) is 13.8 Å². The van der Waals surface area contributed by atoms with Crippen molar-refractivity contribution in [3.05, 3.63) is 11.3 Å². The molecule has 2 atom stereocenters. The molecule has 0 amide bonds. The fourth-order valence-electron chi connectivity index (χ4n) is 1.61. The molecular weight excluding hydrogens is 220 g/mol. The lowest BCUT2D eigenvalue weighted by molar-refractivity contribution is 0.0160. The fraction of sp³-hybridized carbons (Fsp3) is 0.636. The van der Waals surface area contributed by atoms with E-state index >= 15 is 0 Å². The highest BCUT2D eigenvalue weighted by molar-refractivity contribution is 5.96. The van der Waals surface area contributed by atoms with Crippen LogP contribution < -0.4 is 11.1 Å². The number of aliphatic imine (C=N–C) groups is 1. The van der Waals surface area contributed by atoms with Gasteiger partial charge >= 0.3 is 0 Å². The number of aliphatic hydroxyl groups excluding tert-OH is 1. The molecule has 1 heterocycles. The van der Waals surface area contributed by atoms with Crippen LogP contribution in [0.1, 0.15) is 26.7 Å². The van der Waals surface area contributed by atoms with Gasteiger partial charge in [-0.25, -0.2) is 4.99 Å². The van der Waals surface area contributed by atoms with Gasteiger partial charge in [-0.1, -0.05) is 0 Å². The molecule has 96 valence electrons. The lowest BCUT2D eigenvalue weighted by Crippen LogP contribution is -2.26. The smallest absolute Gasteiger partial charge is 0.150 e. The van der Waals surface area contributed by atoms with Crippen LogP contribution in [0.25, 0.3) is 0 Å². The number of hydrogen-bond donors (Lipinski definition) is 4. The van der Waals surface area contributed by atoms with Crippen molar-refractivity contribution in [2.45, 2.75) is 39.0 Å². The second kappa shape index (κ2) is 6.36. The molecule has 1 aliphatic heterocycles. The number of nitrogens with zero attached hydrogens (tertiary/aromatic N) is 1. The first kappa shape index (κ1) is 13.7. The molecule has 0 saturated carbocycles. The molecule has 0 aromatic rings. The number of aliphatic hydroxyl groups is 1. The molecule has 17 heavy (non-hydrogen) atoms. The molecule has 1 rings (SSSR count). The maximum absolute atomic E-state index is 8.90. The SMILES string of the molecule is CC(C)=C(NC=NC1CCC(CO)O1)C(=N)N. The number of allylic oxidation sites excluding steroid dienone is 1. The van der Waals surface area contributed by atoms with Crippen LogP contribution >= 0.6 is 0 Å². The van der Waals surface area contributed by atoms with E-state index in [1.165, 1.54) is 6.34 Å². The Hall–Kier alpha value is -1.40. The maximum Gasteiger partial charge on any atom is 0.150 e. The molecular formula is C11H20N4O2. The van der Waals surface area contributed by atoms with E-state index in [4.69, 9.17) is 21.0 Å². The van der Waals surface area contributed by atoms with Crippen LogP contribution in [0.15, 0.2) is 16.3 Å². The quantitative estimate of drug-likeness (QED) is 0.410. The first-order chi connectivity index (χ1) is 8.04. The van der Waals surface area contributed by atoms with Gasteiger partial charge in [-0.3, -0.25) is 5.41 Å². The first-order valence-corrected chi connectivity index (χ1v) is 5.61.